The zero-order chi connectivity index (χ0) is 12.8. The molecule has 1 rings (SSSR count). The lowest BCUT2D eigenvalue weighted by Gasteiger charge is -2.15. The summed E-state index contributed by atoms with van der Waals surface area (Å²) in [7, 11) is 1.90. The van der Waals surface area contributed by atoms with E-state index in [0.29, 0.717) is 0 Å². The van der Waals surface area contributed by atoms with Gasteiger partial charge in [0.1, 0.15) is 5.75 Å². The highest BCUT2D eigenvalue weighted by atomic mass is 16.5. The first-order valence-corrected chi connectivity index (χ1v) is 5.85. The van der Waals surface area contributed by atoms with E-state index in [0.717, 1.165) is 22.6 Å². The largest absolute Gasteiger partial charge is 0.489 e. The molecule has 2 nitrogen and oxygen atoms in total. The summed E-state index contributed by atoms with van der Waals surface area (Å²) >= 11 is 0. The molecule has 0 bridgehead atoms. The third-order valence-electron chi connectivity index (χ3n) is 2.22. The Morgan fingerprint density at radius 3 is 2.65 bits per heavy atom. The van der Waals surface area contributed by atoms with Crippen molar-refractivity contribution in [1.82, 2.24) is 0 Å². The van der Waals surface area contributed by atoms with Crippen LogP contribution in [0.2, 0.25) is 0 Å². The highest BCUT2D eigenvalue weighted by molar-refractivity contribution is 5.73. The number of rotatable bonds is 5. The number of benzene rings is 1. The Labute approximate surface area is 104 Å². The number of nitrogens with one attached hydrogen (secondary N) is 1. The van der Waals surface area contributed by atoms with Crippen molar-refractivity contribution in [3.05, 3.63) is 42.0 Å². The third-order valence-corrected chi connectivity index (χ3v) is 2.22. The molecular weight excluding hydrogens is 210 g/mol. The molecule has 0 atom stereocenters. The minimum Gasteiger partial charge on any atom is -0.489 e. The molecule has 2 heteroatoms. The Hall–Kier alpha value is -1.70. The van der Waals surface area contributed by atoms with E-state index < -0.39 is 0 Å². The molecule has 1 aromatic rings. The van der Waals surface area contributed by atoms with Crippen molar-refractivity contribution in [3.63, 3.8) is 0 Å². The number of hydrogen-bond donors (Lipinski definition) is 1. The first-order valence-electron chi connectivity index (χ1n) is 5.85. The summed E-state index contributed by atoms with van der Waals surface area (Å²) < 4.78 is 5.76. The minimum atomic E-state index is 0.169. The zero-order valence-corrected chi connectivity index (χ0v) is 11.1. The molecule has 1 N–H and O–H groups in total. The fourth-order valence-corrected chi connectivity index (χ4v) is 1.54. The van der Waals surface area contributed by atoms with Gasteiger partial charge < -0.3 is 10.1 Å². The van der Waals surface area contributed by atoms with Crippen molar-refractivity contribution in [2.45, 2.75) is 26.9 Å². The highest BCUT2D eigenvalue weighted by Crippen LogP contribution is 2.30. The van der Waals surface area contributed by atoms with Gasteiger partial charge in [0.2, 0.25) is 0 Å². The molecule has 0 radical (unpaired) electrons. The van der Waals surface area contributed by atoms with Crippen LogP contribution in [0.3, 0.4) is 0 Å². The lowest BCUT2D eigenvalue weighted by atomic mass is 10.1. The maximum atomic E-state index is 5.76. The van der Waals surface area contributed by atoms with Crippen molar-refractivity contribution < 1.29 is 4.74 Å². The van der Waals surface area contributed by atoms with Gasteiger partial charge in [0.05, 0.1) is 11.8 Å². The van der Waals surface area contributed by atoms with Crippen molar-refractivity contribution in [2.75, 3.05) is 12.4 Å². The lowest BCUT2D eigenvalue weighted by Crippen LogP contribution is -2.08. The highest BCUT2D eigenvalue weighted by Gasteiger charge is 2.07. The van der Waals surface area contributed by atoms with Crippen LogP contribution in [0.4, 0.5) is 5.69 Å². The topological polar surface area (TPSA) is 21.3 Å². The Bertz CT molecular complexity index is 419. The summed E-state index contributed by atoms with van der Waals surface area (Å²) in [5, 5.41) is 3.19. The van der Waals surface area contributed by atoms with E-state index in [1.54, 1.807) is 0 Å². The SMILES string of the molecule is C=C(C)/C=C\c1cccc(OC(C)C)c1NC. The Balaban J connectivity index is 3.09. The molecule has 0 aromatic heterocycles. The van der Waals surface area contributed by atoms with E-state index in [1.807, 2.05) is 52.1 Å². The predicted molar refractivity (Wildman–Crippen MR) is 75.6 cm³/mol. The van der Waals surface area contributed by atoms with Crippen LogP contribution >= 0.6 is 0 Å². The fourth-order valence-electron chi connectivity index (χ4n) is 1.54. The van der Waals surface area contributed by atoms with E-state index in [9.17, 15) is 0 Å². The summed E-state index contributed by atoms with van der Waals surface area (Å²) in [6.07, 6.45) is 4.21. The Kier molecular flexibility index (Phi) is 4.83. The van der Waals surface area contributed by atoms with Gasteiger partial charge in [0.15, 0.2) is 0 Å². The van der Waals surface area contributed by atoms with Crippen LogP contribution in [0.25, 0.3) is 6.08 Å². The van der Waals surface area contributed by atoms with Gasteiger partial charge in [0, 0.05) is 12.6 Å². The molecule has 92 valence electrons. The summed E-state index contributed by atoms with van der Waals surface area (Å²) in [6.45, 7) is 9.88. The van der Waals surface area contributed by atoms with Gasteiger partial charge in [-0.2, -0.15) is 0 Å². The molecule has 0 fully saturated rings. The number of hydrogen-bond acceptors (Lipinski definition) is 2. The number of para-hydroxylation sites is 1. The molecule has 0 heterocycles. The molecule has 0 amide bonds. The quantitative estimate of drug-likeness (QED) is 0.770. The molecule has 0 spiro atoms. The fraction of sp³-hybridized carbons (Fsp3) is 0.333. The standard InChI is InChI=1S/C15H21NO/c1-11(2)9-10-13-7-6-8-14(15(13)16-5)17-12(3)4/h6-10,12,16H,1H2,2-5H3/b10-9-. The molecule has 0 aliphatic heterocycles. The maximum absolute atomic E-state index is 5.76. The van der Waals surface area contributed by atoms with E-state index in [2.05, 4.69) is 18.0 Å². The van der Waals surface area contributed by atoms with Crippen molar-refractivity contribution >= 4 is 11.8 Å². The van der Waals surface area contributed by atoms with E-state index in [1.165, 1.54) is 0 Å². The zero-order valence-electron chi connectivity index (χ0n) is 11.1. The number of allylic oxidation sites excluding steroid dienone is 2. The first-order chi connectivity index (χ1) is 8.04. The molecule has 0 saturated carbocycles. The van der Waals surface area contributed by atoms with Gasteiger partial charge >= 0.3 is 0 Å². The third kappa shape index (κ3) is 3.99. The van der Waals surface area contributed by atoms with Gasteiger partial charge in [-0.1, -0.05) is 36.4 Å². The van der Waals surface area contributed by atoms with Gasteiger partial charge in [-0.05, 0) is 26.8 Å². The van der Waals surface area contributed by atoms with Gasteiger partial charge in [-0.25, -0.2) is 0 Å². The maximum Gasteiger partial charge on any atom is 0.143 e. The molecule has 0 saturated heterocycles. The van der Waals surface area contributed by atoms with E-state index in [-0.39, 0.29) is 6.10 Å². The summed E-state index contributed by atoms with van der Waals surface area (Å²) in [5.74, 6) is 0.881. The van der Waals surface area contributed by atoms with Gasteiger partial charge in [-0.15, -0.1) is 0 Å². The van der Waals surface area contributed by atoms with Crippen molar-refractivity contribution in [2.24, 2.45) is 0 Å². The van der Waals surface area contributed by atoms with Crippen LogP contribution in [0.5, 0.6) is 5.75 Å². The molecule has 17 heavy (non-hydrogen) atoms. The normalized spacial score (nSPS) is 10.9. The van der Waals surface area contributed by atoms with Crippen molar-refractivity contribution in [1.29, 1.82) is 0 Å². The van der Waals surface area contributed by atoms with Crippen LogP contribution in [0, 0.1) is 0 Å². The second-order valence-corrected chi connectivity index (χ2v) is 4.32. The molecular formula is C15H21NO. The average molecular weight is 231 g/mol. The van der Waals surface area contributed by atoms with Crippen LogP contribution in [-0.2, 0) is 0 Å². The summed E-state index contributed by atoms with van der Waals surface area (Å²) in [6, 6.07) is 6.03. The Morgan fingerprint density at radius 2 is 2.12 bits per heavy atom. The minimum absolute atomic E-state index is 0.169. The molecule has 1 aromatic carbocycles. The van der Waals surface area contributed by atoms with Crippen LogP contribution in [0.15, 0.2) is 36.4 Å². The smallest absolute Gasteiger partial charge is 0.143 e. The molecule has 0 unspecified atom stereocenters. The van der Waals surface area contributed by atoms with Gasteiger partial charge in [-0.3, -0.25) is 0 Å². The van der Waals surface area contributed by atoms with E-state index in [4.69, 9.17) is 4.74 Å². The number of anilines is 1. The average Bonchev–Trinajstić information content (AvgIpc) is 2.25. The van der Waals surface area contributed by atoms with Gasteiger partial charge in [0.25, 0.3) is 0 Å². The first kappa shape index (κ1) is 13.4. The predicted octanol–water partition coefficient (Wildman–Crippen LogP) is 4.10. The second-order valence-electron chi connectivity index (χ2n) is 4.32. The Morgan fingerprint density at radius 1 is 1.41 bits per heavy atom. The van der Waals surface area contributed by atoms with Crippen LogP contribution in [-0.4, -0.2) is 13.2 Å². The summed E-state index contributed by atoms with van der Waals surface area (Å²) in [4.78, 5) is 0. The van der Waals surface area contributed by atoms with Crippen LogP contribution in [0.1, 0.15) is 26.3 Å². The molecule has 0 aliphatic carbocycles. The van der Waals surface area contributed by atoms with Crippen molar-refractivity contribution in [3.8, 4) is 5.75 Å². The summed E-state index contributed by atoms with van der Waals surface area (Å²) in [5.41, 5.74) is 3.15. The van der Waals surface area contributed by atoms with Crippen LogP contribution < -0.4 is 10.1 Å². The monoisotopic (exact) mass is 231 g/mol. The number of ether oxygens (including phenoxy) is 1. The molecule has 0 aliphatic rings. The van der Waals surface area contributed by atoms with E-state index >= 15 is 0 Å². The second kappa shape index (κ2) is 6.14. The lowest BCUT2D eigenvalue weighted by molar-refractivity contribution is 0.243.